The molecule has 1 aromatic rings. The molecule has 0 bridgehead atoms. The molecule has 0 spiro atoms. The van der Waals surface area contributed by atoms with Crippen LogP contribution in [0.4, 0.5) is 17.6 Å². The zero-order chi connectivity index (χ0) is 12.3. The van der Waals surface area contributed by atoms with Crippen molar-refractivity contribution in [1.29, 1.82) is 0 Å². The van der Waals surface area contributed by atoms with E-state index in [0.717, 1.165) is 0 Å². The Morgan fingerprint density at radius 3 is 2.19 bits per heavy atom. The van der Waals surface area contributed by atoms with Gasteiger partial charge in [-0.3, -0.25) is 0 Å². The summed E-state index contributed by atoms with van der Waals surface area (Å²) in [5.74, 6) is -8.25. The molecule has 0 amide bonds. The van der Waals surface area contributed by atoms with Gasteiger partial charge in [0.25, 0.3) is 0 Å². The first-order valence-corrected chi connectivity index (χ1v) is 4.39. The Labute approximate surface area is 88.8 Å². The fraction of sp³-hybridized carbons (Fsp3) is 0.300. The summed E-state index contributed by atoms with van der Waals surface area (Å²) in [6.45, 7) is 1.10. The first-order valence-electron chi connectivity index (χ1n) is 4.39. The molecule has 2 nitrogen and oxygen atoms in total. The zero-order valence-corrected chi connectivity index (χ0v) is 8.27. The van der Waals surface area contributed by atoms with E-state index in [2.05, 4.69) is 4.74 Å². The average molecular weight is 236 g/mol. The van der Waals surface area contributed by atoms with Crippen LogP contribution in [0.2, 0.25) is 0 Å². The highest BCUT2D eigenvalue weighted by molar-refractivity contribution is 5.79. The van der Waals surface area contributed by atoms with Gasteiger partial charge < -0.3 is 4.74 Å². The van der Waals surface area contributed by atoms with Crippen molar-refractivity contribution in [2.45, 2.75) is 12.8 Å². The molecule has 0 atom stereocenters. The van der Waals surface area contributed by atoms with E-state index in [4.69, 9.17) is 0 Å². The third kappa shape index (κ3) is 2.50. The normalized spacial score (nSPS) is 11.3. The molecule has 16 heavy (non-hydrogen) atoms. The van der Waals surface area contributed by atoms with Crippen LogP contribution in [0.1, 0.15) is 12.5 Å². The molecule has 88 valence electrons. The number of rotatable bonds is 3. The molecule has 6 heteroatoms. The molecule has 0 aliphatic rings. The fourth-order valence-electron chi connectivity index (χ4n) is 1.07. The number of benzene rings is 1. The number of esters is 1. The van der Waals surface area contributed by atoms with Crippen molar-refractivity contribution >= 4 is 5.97 Å². The number of alkyl halides is 2. The summed E-state index contributed by atoms with van der Waals surface area (Å²) in [7, 11) is 0. The molecule has 0 aliphatic carbocycles. The predicted molar refractivity (Wildman–Crippen MR) is 46.9 cm³/mol. The quantitative estimate of drug-likeness (QED) is 0.595. The molecule has 0 fully saturated rings. The summed E-state index contributed by atoms with van der Waals surface area (Å²) in [5, 5.41) is 0. The molecule has 0 aliphatic heterocycles. The predicted octanol–water partition coefficient (Wildman–Crippen LogP) is 2.62. The van der Waals surface area contributed by atoms with E-state index >= 15 is 0 Å². The Morgan fingerprint density at radius 1 is 1.25 bits per heavy atom. The molecule has 1 rings (SSSR count). The Kier molecular flexibility index (Phi) is 3.51. The molecule has 1 aromatic carbocycles. The van der Waals surface area contributed by atoms with E-state index in [0.29, 0.717) is 18.2 Å². The summed E-state index contributed by atoms with van der Waals surface area (Å²) in [4.78, 5) is 10.9. The van der Waals surface area contributed by atoms with Gasteiger partial charge in [0.15, 0.2) is 0 Å². The lowest BCUT2D eigenvalue weighted by Gasteiger charge is -2.14. The lowest BCUT2D eigenvalue weighted by molar-refractivity contribution is -0.173. The van der Waals surface area contributed by atoms with Crippen LogP contribution in [0.25, 0.3) is 0 Å². The van der Waals surface area contributed by atoms with Crippen molar-refractivity contribution in [1.82, 2.24) is 0 Å². The zero-order valence-electron chi connectivity index (χ0n) is 8.27. The van der Waals surface area contributed by atoms with E-state index in [1.165, 1.54) is 6.92 Å². The lowest BCUT2D eigenvalue weighted by atomic mass is 10.1. The van der Waals surface area contributed by atoms with Crippen molar-refractivity contribution < 1.29 is 27.1 Å². The Balaban J connectivity index is 3.10. The molecule has 0 unspecified atom stereocenters. The number of carbonyl (C=O) groups is 1. The van der Waals surface area contributed by atoms with Gasteiger partial charge in [-0.25, -0.2) is 13.6 Å². The van der Waals surface area contributed by atoms with E-state index in [1.54, 1.807) is 0 Å². The van der Waals surface area contributed by atoms with Crippen molar-refractivity contribution in [3.63, 3.8) is 0 Å². The summed E-state index contributed by atoms with van der Waals surface area (Å²) in [5.41, 5.74) is -1.07. The summed E-state index contributed by atoms with van der Waals surface area (Å²) < 4.78 is 56.0. The van der Waals surface area contributed by atoms with Crippen molar-refractivity contribution in [3.8, 4) is 0 Å². The second-order valence-corrected chi connectivity index (χ2v) is 2.95. The minimum Gasteiger partial charge on any atom is -0.461 e. The summed E-state index contributed by atoms with van der Waals surface area (Å²) in [6.07, 6.45) is 0. The second kappa shape index (κ2) is 4.51. The van der Waals surface area contributed by atoms with Gasteiger partial charge >= 0.3 is 11.9 Å². The summed E-state index contributed by atoms with van der Waals surface area (Å²) in [6, 6.07) is 1.21. The van der Waals surface area contributed by atoms with E-state index in [-0.39, 0.29) is 6.61 Å². The monoisotopic (exact) mass is 236 g/mol. The highest BCUT2D eigenvalue weighted by Gasteiger charge is 2.43. The number of halogens is 4. The maximum atomic E-state index is 13.3. The van der Waals surface area contributed by atoms with Gasteiger partial charge in [-0.15, -0.1) is 0 Å². The fourth-order valence-corrected chi connectivity index (χ4v) is 1.07. The lowest BCUT2D eigenvalue weighted by Crippen LogP contribution is -2.28. The van der Waals surface area contributed by atoms with E-state index < -0.39 is 29.1 Å². The van der Waals surface area contributed by atoms with Crippen LogP contribution in [0, 0.1) is 11.6 Å². The Morgan fingerprint density at radius 2 is 1.75 bits per heavy atom. The maximum Gasteiger partial charge on any atom is 0.381 e. The van der Waals surface area contributed by atoms with Crippen LogP contribution in [-0.4, -0.2) is 12.6 Å². The first kappa shape index (κ1) is 12.5. The standard InChI is InChI=1S/C10H8F4O2/c1-2-16-9(15)10(13,14)6-3-7(11)5-8(12)4-6/h3-5H,2H2,1H3. The molecular weight excluding hydrogens is 228 g/mol. The molecule has 0 saturated carbocycles. The van der Waals surface area contributed by atoms with Crippen LogP contribution in [0.3, 0.4) is 0 Å². The molecule has 0 saturated heterocycles. The average Bonchev–Trinajstić information content (AvgIpc) is 2.16. The van der Waals surface area contributed by atoms with Gasteiger partial charge in [0.05, 0.1) is 6.61 Å². The maximum absolute atomic E-state index is 13.3. The van der Waals surface area contributed by atoms with Gasteiger partial charge in [-0.2, -0.15) is 8.78 Å². The van der Waals surface area contributed by atoms with Crippen LogP contribution in [-0.2, 0) is 15.5 Å². The third-order valence-corrected chi connectivity index (χ3v) is 1.76. The SMILES string of the molecule is CCOC(=O)C(F)(F)c1cc(F)cc(F)c1. The minimum absolute atomic E-state index is 0.244. The van der Waals surface area contributed by atoms with Crippen LogP contribution < -0.4 is 0 Å². The minimum atomic E-state index is -4.06. The largest absolute Gasteiger partial charge is 0.461 e. The van der Waals surface area contributed by atoms with Gasteiger partial charge in [-0.05, 0) is 19.1 Å². The summed E-state index contributed by atoms with van der Waals surface area (Å²) >= 11 is 0. The number of carbonyl (C=O) groups excluding carboxylic acids is 1. The van der Waals surface area contributed by atoms with Crippen LogP contribution >= 0.6 is 0 Å². The van der Waals surface area contributed by atoms with Crippen molar-refractivity contribution in [3.05, 3.63) is 35.4 Å². The van der Waals surface area contributed by atoms with Gasteiger partial charge in [0, 0.05) is 11.6 Å². The van der Waals surface area contributed by atoms with E-state index in [9.17, 15) is 22.4 Å². The molecule has 0 radical (unpaired) electrons. The highest BCUT2D eigenvalue weighted by Crippen LogP contribution is 2.30. The number of hydrogen-bond donors (Lipinski definition) is 0. The first-order chi connectivity index (χ1) is 7.37. The number of hydrogen-bond acceptors (Lipinski definition) is 2. The number of ether oxygens (including phenoxy) is 1. The van der Waals surface area contributed by atoms with Crippen LogP contribution in [0.5, 0.6) is 0 Å². The second-order valence-electron chi connectivity index (χ2n) is 2.95. The van der Waals surface area contributed by atoms with Gasteiger partial charge in [0.2, 0.25) is 0 Å². The molecule has 0 N–H and O–H groups in total. The topological polar surface area (TPSA) is 26.3 Å². The molecular formula is C10H8F4O2. The molecule has 0 aromatic heterocycles. The van der Waals surface area contributed by atoms with Crippen molar-refractivity contribution in [2.75, 3.05) is 6.61 Å². The van der Waals surface area contributed by atoms with Gasteiger partial charge in [-0.1, -0.05) is 0 Å². The Bertz CT molecular complexity index is 384. The Hall–Kier alpha value is -1.59. The highest BCUT2D eigenvalue weighted by atomic mass is 19.3. The van der Waals surface area contributed by atoms with Crippen LogP contribution in [0.15, 0.2) is 18.2 Å². The van der Waals surface area contributed by atoms with Gasteiger partial charge in [0.1, 0.15) is 11.6 Å². The third-order valence-electron chi connectivity index (χ3n) is 1.76. The smallest absolute Gasteiger partial charge is 0.381 e. The molecule has 0 heterocycles. The van der Waals surface area contributed by atoms with Crippen molar-refractivity contribution in [2.24, 2.45) is 0 Å². The van der Waals surface area contributed by atoms with E-state index in [1.807, 2.05) is 0 Å².